The van der Waals surface area contributed by atoms with Crippen molar-refractivity contribution in [1.29, 1.82) is 0 Å². The maximum Gasteiger partial charge on any atom is 0.232 e. The standard InChI is InChI=1S/C25H32BN2PS/c1-3-5-6-21(4-2)19-27-15-11-23(12-16-27)24-13-17-28(18-14-24)20-22-7-9-25(10-8-22)26-29-30/h7-18,21,26H,3-6,19-20H2,1-2H3/q+2. The minimum absolute atomic E-state index is 0.779. The third kappa shape index (κ3) is 6.82. The fourth-order valence-corrected chi connectivity index (χ4v) is 4.58. The molecular weight excluding hydrogens is 402 g/mol. The molecule has 0 saturated heterocycles. The van der Waals surface area contributed by atoms with Crippen LogP contribution in [0.1, 0.15) is 45.1 Å². The van der Waals surface area contributed by atoms with Crippen molar-refractivity contribution >= 4 is 31.5 Å². The normalized spacial score (nSPS) is 12.1. The second-order valence-corrected chi connectivity index (χ2v) is 9.41. The van der Waals surface area contributed by atoms with Gasteiger partial charge in [-0.25, -0.2) is 9.13 Å². The number of rotatable bonds is 11. The van der Waals surface area contributed by atoms with Gasteiger partial charge in [0.05, 0.1) is 0 Å². The highest BCUT2D eigenvalue weighted by Crippen LogP contribution is 2.17. The SMILES string of the molecule is CCCCC(CC)C[n+]1ccc(-c2cc[n+](Cc3ccc(BP=S)cc3)cc2)cc1. The highest BCUT2D eigenvalue weighted by molar-refractivity contribution is 8.09. The van der Waals surface area contributed by atoms with E-state index < -0.39 is 0 Å². The average molecular weight is 434 g/mol. The van der Waals surface area contributed by atoms with Crippen LogP contribution in [0.5, 0.6) is 0 Å². The van der Waals surface area contributed by atoms with Crippen LogP contribution in [0.25, 0.3) is 11.1 Å². The lowest BCUT2D eigenvalue weighted by Crippen LogP contribution is -2.36. The fraction of sp³-hybridized carbons (Fsp3) is 0.360. The van der Waals surface area contributed by atoms with Crippen molar-refractivity contribution in [3.8, 4) is 11.1 Å². The fourth-order valence-electron chi connectivity index (χ4n) is 3.78. The van der Waals surface area contributed by atoms with E-state index in [1.165, 1.54) is 47.8 Å². The molecule has 0 saturated carbocycles. The molecule has 3 rings (SSSR count). The van der Waals surface area contributed by atoms with Crippen molar-refractivity contribution < 1.29 is 9.13 Å². The van der Waals surface area contributed by atoms with Gasteiger partial charge in [-0.1, -0.05) is 75.5 Å². The molecule has 0 spiro atoms. The van der Waals surface area contributed by atoms with Gasteiger partial charge in [0.2, 0.25) is 7.00 Å². The van der Waals surface area contributed by atoms with Gasteiger partial charge < -0.3 is 0 Å². The molecule has 0 N–H and O–H groups in total. The Morgan fingerprint density at radius 1 is 0.867 bits per heavy atom. The molecule has 2 aromatic heterocycles. The van der Waals surface area contributed by atoms with Crippen LogP contribution in [0.15, 0.2) is 73.3 Å². The molecule has 0 fully saturated rings. The maximum atomic E-state index is 5.04. The molecule has 154 valence electrons. The minimum Gasteiger partial charge on any atom is -0.205 e. The van der Waals surface area contributed by atoms with Crippen LogP contribution >= 0.6 is 7.23 Å². The summed E-state index contributed by atoms with van der Waals surface area (Å²) in [5.41, 5.74) is 5.16. The Bertz CT molecular complexity index is 911. The first-order valence-corrected chi connectivity index (χ1v) is 13.2. The predicted octanol–water partition coefficient (Wildman–Crippen LogP) is 4.58. The van der Waals surface area contributed by atoms with Crippen LogP contribution in [-0.2, 0) is 24.9 Å². The van der Waals surface area contributed by atoms with E-state index in [0.29, 0.717) is 0 Å². The lowest BCUT2D eigenvalue weighted by Gasteiger charge is -2.10. The monoisotopic (exact) mass is 434 g/mol. The van der Waals surface area contributed by atoms with E-state index in [1.54, 1.807) is 0 Å². The van der Waals surface area contributed by atoms with Gasteiger partial charge in [0.25, 0.3) is 0 Å². The summed E-state index contributed by atoms with van der Waals surface area (Å²) < 4.78 is 4.57. The molecule has 0 aliphatic carbocycles. The predicted molar refractivity (Wildman–Crippen MR) is 132 cm³/mol. The number of nitrogens with zero attached hydrogens (tertiary/aromatic N) is 2. The molecule has 1 atom stereocenters. The molecule has 0 aliphatic rings. The third-order valence-corrected chi connectivity index (χ3v) is 6.64. The quantitative estimate of drug-likeness (QED) is 0.244. The molecule has 1 unspecified atom stereocenters. The lowest BCUT2D eigenvalue weighted by atomic mass is 9.93. The first-order valence-electron chi connectivity index (χ1n) is 11.1. The van der Waals surface area contributed by atoms with Crippen LogP contribution in [0.4, 0.5) is 0 Å². The van der Waals surface area contributed by atoms with E-state index in [-0.39, 0.29) is 0 Å². The van der Waals surface area contributed by atoms with Gasteiger partial charge in [-0.15, -0.1) is 0 Å². The molecule has 2 heterocycles. The Hall–Kier alpha value is -1.90. The third-order valence-electron chi connectivity index (χ3n) is 5.76. The second-order valence-electron chi connectivity index (χ2n) is 8.06. The summed E-state index contributed by atoms with van der Waals surface area (Å²) in [6, 6.07) is 17.7. The van der Waals surface area contributed by atoms with Crippen molar-refractivity contribution in [2.75, 3.05) is 0 Å². The van der Waals surface area contributed by atoms with E-state index in [1.807, 2.05) is 0 Å². The summed E-state index contributed by atoms with van der Waals surface area (Å²) in [7, 11) is 1.01. The highest BCUT2D eigenvalue weighted by atomic mass is 32.4. The largest absolute Gasteiger partial charge is 0.232 e. The first-order chi connectivity index (χ1) is 14.7. The summed E-state index contributed by atoms with van der Waals surface area (Å²) >= 11 is 5.04. The van der Waals surface area contributed by atoms with E-state index in [4.69, 9.17) is 11.8 Å². The van der Waals surface area contributed by atoms with Crippen LogP contribution in [-0.4, -0.2) is 7.00 Å². The zero-order valence-electron chi connectivity index (χ0n) is 18.2. The number of hydrogen-bond donors (Lipinski definition) is 0. The smallest absolute Gasteiger partial charge is 0.205 e. The number of benzene rings is 1. The average Bonchev–Trinajstić information content (AvgIpc) is 2.79. The Kier molecular flexibility index (Phi) is 9.17. The first kappa shape index (κ1) is 22.8. The van der Waals surface area contributed by atoms with Crippen molar-refractivity contribution in [2.45, 2.75) is 52.6 Å². The summed E-state index contributed by atoms with van der Waals surface area (Å²) in [5, 5.41) is 0. The van der Waals surface area contributed by atoms with Crippen LogP contribution in [0, 0.1) is 5.92 Å². The Balaban J connectivity index is 1.60. The van der Waals surface area contributed by atoms with Crippen molar-refractivity contribution in [3.05, 3.63) is 78.9 Å². The Labute approximate surface area is 189 Å². The topological polar surface area (TPSA) is 7.76 Å². The van der Waals surface area contributed by atoms with Crippen LogP contribution < -0.4 is 14.6 Å². The van der Waals surface area contributed by atoms with Crippen molar-refractivity contribution in [2.24, 2.45) is 5.92 Å². The van der Waals surface area contributed by atoms with Gasteiger partial charge in [-0.3, -0.25) is 0 Å². The number of pyridine rings is 2. The zero-order valence-corrected chi connectivity index (χ0v) is 19.9. The van der Waals surface area contributed by atoms with Gasteiger partial charge >= 0.3 is 0 Å². The molecule has 5 heteroatoms. The lowest BCUT2D eigenvalue weighted by molar-refractivity contribution is -0.703. The van der Waals surface area contributed by atoms with Crippen molar-refractivity contribution in [1.82, 2.24) is 0 Å². The van der Waals surface area contributed by atoms with E-state index in [2.05, 4.69) is 96.3 Å². The van der Waals surface area contributed by atoms with E-state index >= 15 is 0 Å². The molecule has 0 aliphatic heterocycles. The maximum absolute atomic E-state index is 5.04. The van der Waals surface area contributed by atoms with Gasteiger partial charge in [0.1, 0.15) is 0 Å². The van der Waals surface area contributed by atoms with Gasteiger partial charge in [-0.05, 0) is 24.0 Å². The van der Waals surface area contributed by atoms with Crippen molar-refractivity contribution in [3.63, 3.8) is 0 Å². The van der Waals surface area contributed by atoms with E-state index in [9.17, 15) is 0 Å². The molecule has 1 aromatic carbocycles. The zero-order chi connectivity index (χ0) is 21.2. The van der Waals surface area contributed by atoms with Crippen LogP contribution in [0.3, 0.4) is 0 Å². The molecule has 0 radical (unpaired) electrons. The number of unbranched alkanes of at least 4 members (excludes halogenated alkanes) is 1. The summed E-state index contributed by atoms with van der Waals surface area (Å²) in [6.45, 7) is 7.54. The Morgan fingerprint density at radius 3 is 2.00 bits per heavy atom. The van der Waals surface area contributed by atoms with Crippen LogP contribution in [0.2, 0.25) is 0 Å². The molecule has 0 amide bonds. The van der Waals surface area contributed by atoms with E-state index in [0.717, 1.165) is 33.2 Å². The minimum atomic E-state index is 0.779. The molecule has 3 aromatic rings. The second kappa shape index (κ2) is 12.1. The van der Waals surface area contributed by atoms with Gasteiger partial charge in [0, 0.05) is 35.7 Å². The molecule has 2 nitrogen and oxygen atoms in total. The summed E-state index contributed by atoms with van der Waals surface area (Å²) in [4.78, 5) is 0. The molecule has 0 bridgehead atoms. The summed E-state index contributed by atoms with van der Waals surface area (Å²) in [6.07, 6.45) is 14.0. The highest BCUT2D eigenvalue weighted by Gasteiger charge is 2.12. The number of aromatic nitrogens is 2. The van der Waals surface area contributed by atoms with Gasteiger partial charge in [-0.2, -0.15) is 0 Å². The Morgan fingerprint density at radius 2 is 1.47 bits per heavy atom. The number of hydrogen-bond acceptors (Lipinski definition) is 1. The molecular formula is C25H32BN2PS+2. The van der Waals surface area contributed by atoms with Gasteiger partial charge in [0.15, 0.2) is 37.9 Å². The summed E-state index contributed by atoms with van der Waals surface area (Å²) in [5.74, 6) is 0.779. The molecule has 30 heavy (non-hydrogen) atoms.